The van der Waals surface area contributed by atoms with Crippen molar-refractivity contribution in [3.8, 4) is 5.88 Å². The van der Waals surface area contributed by atoms with Crippen LogP contribution in [0.15, 0.2) is 23.3 Å². The van der Waals surface area contributed by atoms with Crippen LogP contribution in [0.1, 0.15) is 18.0 Å². The predicted molar refractivity (Wildman–Crippen MR) is 83.1 cm³/mol. The molecule has 2 aromatic heterocycles. The van der Waals surface area contributed by atoms with E-state index in [0.29, 0.717) is 17.6 Å². The van der Waals surface area contributed by atoms with Gasteiger partial charge in [0.1, 0.15) is 0 Å². The first kappa shape index (κ1) is 12.5. The van der Waals surface area contributed by atoms with E-state index in [1.165, 1.54) is 17.5 Å². The molecule has 1 aliphatic rings. The summed E-state index contributed by atoms with van der Waals surface area (Å²) in [6.45, 7) is 2.46. The number of benzene rings is 1. The van der Waals surface area contributed by atoms with E-state index < -0.39 is 6.23 Å². The maximum atomic E-state index is 10.2. The van der Waals surface area contributed by atoms with Gasteiger partial charge in [-0.05, 0) is 19.1 Å². The fourth-order valence-electron chi connectivity index (χ4n) is 2.56. The lowest BCUT2D eigenvalue weighted by Crippen LogP contribution is -2.08. The Kier molecular flexibility index (Phi) is 2.60. The second kappa shape index (κ2) is 4.37. The first-order chi connectivity index (χ1) is 10.1. The molecule has 3 heterocycles. The first-order valence-electron chi connectivity index (χ1n) is 6.50. The minimum atomic E-state index is -0.854. The van der Waals surface area contributed by atoms with Crippen molar-refractivity contribution in [3.05, 3.63) is 23.2 Å². The highest BCUT2D eigenvalue weighted by Crippen LogP contribution is 2.43. The van der Waals surface area contributed by atoms with Crippen molar-refractivity contribution in [3.63, 3.8) is 0 Å². The summed E-state index contributed by atoms with van der Waals surface area (Å²) in [6.07, 6.45) is 0.480. The molecule has 1 aliphatic heterocycles. The number of aromatic nitrogens is 2. The van der Waals surface area contributed by atoms with E-state index in [-0.39, 0.29) is 5.88 Å². The molecule has 0 radical (unpaired) electrons. The number of aliphatic hydroxyl groups is 1. The largest absolute Gasteiger partial charge is 0.492 e. The van der Waals surface area contributed by atoms with Gasteiger partial charge in [-0.25, -0.2) is 9.97 Å². The summed E-state index contributed by atoms with van der Waals surface area (Å²) < 4.78 is 1.01. The number of aliphatic hydroxyl groups excluding tert-OH is 1. The van der Waals surface area contributed by atoms with Crippen LogP contribution in [0.4, 0.5) is 5.69 Å². The molecule has 7 heteroatoms. The van der Waals surface area contributed by atoms with Crippen molar-refractivity contribution in [2.45, 2.75) is 13.2 Å². The van der Waals surface area contributed by atoms with Gasteiger partial charge in [-0.15, -0.1) is 11.3 Å². The molecule has 0 amide bonds. The van der Waals surface area contributed by atoms with E-state index in [0.717, 1.165) is 26.4 Å². The van der Waals surface area contributed by atoms with Crippen molar-refractivity contribution >= 4 is 43.9 Å². The molecule has 0 fully saturated rings. The second-order valence-electron chi connectivity index (χ2n) is 4.97. The summed E-state index contributed by atoms with van der Waals surface area (Å²) in [6, 6.07) is 3.75. The van der Waals surface area contributed by atoms with Gasteiger partial charge in [0.2, 0.25) is 5.88 Å². The molecule has 1 aromatic carbocycles. The van der Waals surface area contributed by atoms with E-state index in [9.17, 15) is 10.2 Å². The topological polar surface area (TPSA) is 90.6 Å². The number of nitrogens with zero attached hydrogens (tertiary/aromatic N) is 3. The van der Waals surface area contributed by atoms with E-state index >= 15 is 0 Å². The van der Waals surface area contributed by atoms with Crippen molar-refractivity contribution < 1.29 is 10.2 Å². The Morgan fingerprint density at radius 3 is 3.10 bits per heavy atom. The maximum Gasteiger partial charge on any atom is 0.230 e. The minimum Gasteiger partial charge on any atom is -0.492 e. The number of hydrogen-bond acceptors (Lipinski definition) is 7. The Hall–Kier alpha value is -2.25. The lowest BCUT2D eigenvalue weighted by atomic mass is 10.1. The second-order valence-corrected chi connectivity index (χ2v) is 6.05. The molecule has 3 aromatic rings. The van der Waals surface area contributed by atoms with Gasteiger partial charge in [-0.3, -0.25) is 4.99 Å². The van der Waals surface area contributed by atoms with Crippen molar-refractivity contribution in [2.75, 3.05) is 11.9 Å². The van der Waals surface area contributed by atoms with Gasteiger partial charge >= 0.3 is 0 Å². The summed E-state index contributed by atoms with van der Waals surface area (Å²) in [5.74, 6) is -0.102. The van der Waals surface area contributed by atoms with Crippen LogP contribution in [-0.2, 0) is 0 Å². The summed E-state index contributed by atoms with van der Waals surface area (Å²) in [5, 5.41) is 23.9. The Bertz CT molecular complexity index is 903. The fourth-order valence-corrected chi connectivity index (χ4v) is 3.67. The normalized spacial score (nSPS) is 18.2. The minimum absolute atomic E-state index is 0.102. The Labute approximate surface area is 123 Å². The highest BCUT2D eigenvalue weighted by atomic mass is 32.1. The number of thiophene rings is 1. The Balaban J connectivity index is 2.08. The van der Waals surface area contributed by atoms with Crippen molar-refractivity contribution in [1.29, 1.82) is 0 Å². The highest BCUT2D eigenvalue weighted by Gasteiger charge is 2.23. The average molecular weight is 300 g/mol. The number of rotatable bonds is 0. The number of anilines is 1. The van der Waals surface area contributed by atoms with Gasteiger partial charge in [0, 0.05) is 15.8 Å². The number of aromatic hydroxyl groups is 1. The standard InChI is InChI=1S/C14H12N4O2S/c1-6-4-15-12-10-8(21-13(12)14(20)17-6)3-2-7-11(10)16-5-9(19)18-7/h2-3,5,14-15,20H,4H2,1H3,(H,18,19). The van der Waals surface area contributed by atoms with E-state index in [1.807, 2.05) is 19.1 Å². The number of fused-ring (bicyclic) bond motifs is 5. The number of aliphatic imine (C=N–C) groups is 1. The third-order valence-corrected chi connectivity index (χ3v) is 4.67. The lowest BCUT2D eigenvalue weighted by Gasteiger charge is -2.06. The van der Waals surface area contributed by atoms with Gasteiger partial charge < -0.3 is 15.5 Å². The van der Waals surface area contributed by atoms with Crippen LogP contribution in [-0.4, -0.2) is 32.4 Å². The molecule has 21 heavy (non-hydrogen) atoms. The van der Waals surface area contributed by atoms with Gasteiger partial charge in [-0.2, -0.15) is 0 Å². The van der Waals surface area contributed by atoms with Gasteiger partial charge in [0.25, 0.3) is 0 Å². The molecule has 3 N–H and O–H groups in total. The Morgan fingerprint density at radius 1 is 1.38 bits per heavy atom. The summed E-state index contributed by atoms with van der Waals surface area (Å²) in [7, 11) is 0. The number of hydrogen-bond donors (Lipinski definition) is 3. The molecule has 0 bridgehead atoms. The van der Waals surface area contributed by atoms with Gasteiger partial charge in [-0.1, -0.05) is 0 Å². The van der Waals surface area contributed by atoms with Crippen LogP contribution in [0.2, 0.25) is 0 Å². The molecule has 0 saturated carbocycles. The zero-order chi connectivity index (χ0) is 14.6. The molecule has 1 unspecified atom stereocenters. The number of nitrogens with one attached hydrogen (secondary N) is 1. The van der Waals surface area contributed by atoms with Crippen LogP contribution < -0.4 is 5.32 Å². The van der Waals surface area contributed by atoms with Gasteiger partial charge in [0.05, 0.1) is 34.3 Å². The van der Waals surface area contributed by atoms with Crippen LogP contribution in [0, 0.1) is 0 Å². The smallest absolute Gasteiger partial charge is 0.230 e. The Morgan fingerprint density at radius 2 is 2.24 bits per heavy atom. The predicted octanol–water partition coefficient (Wildman–Crippen LogP) is 2.43. The van der Waals surface area contributed by atoms with Crippen LogP contribution in [0.3, 0.4) is 0 Å². The molecule has 0 aliphatic carbocycles. The highest BCUT2D eigenvalue weighted by molar-refractivity contribution is 7.20. The quantitative estimate of drug-likeness (QED) is 0.593. The molecule has 0 saturated heterocycles. The first-order valence-corrected chi connectivity index (χ1v) is 7.31. The van der Waals surface area contributed by atoms with Crippen molar-refractivity contribution in [1.82, 2.24) is 9.97 Å². The zero-order valence-corrected chi connectivity index (χ0v) is 12.0. The third kappa shape index (κ3) is 1.85. The van der Waals surface area contributed by atoms with Crippen LogP contribution in [0.5, 0.6) is 5.88 Å². The van der Waals surface area contributed by atoms with Gasteiger partial charge in [0.15, 0.2) is 6.23 Å². The molecule has 106 valence electrons. The third-order valence-electron chi connectivity index (χ3n) is 3.48. The molecular weight excluding hydrogens is 288 g/mol. The summed E-state index contributed by atoms with van der Waals surface area (Å²) in [4.78, 5) is 13.4. The average Bonchev–Trinajstić information content (AvgIpc) is 2.77. The zero-order valence-electron chi connectivity index (χ0n) is 11.2. The molecular formula is C14H12N4O2S. The van der Waals surface area contributed by atoms with E-state index in [4.69, 9.17) is 0 Å². The van der Waals surface area contributed by atoms with Crippen LogP contribution >= 0.6 is 11.3 Å². The van der Waals surface area contributed by atoms with Crippen molar-refractivity contribution in [2.24, 2.45) is 4.99 Å². The monoisotopic (exact) mass is 300 g/mol. The fraction of sp³-hybridized carbons (Fsp3) is 0.214. The SMILES string of the molecule is CC1=NC(O)c2sc3ccc4nc(O)cnc4c3c2NC1. The molecule has 1 atom stereocenters. The molecule has 4 rings (SSSR count). The molecule has 0 spiro atoms. The maximum absolute atomic E-state index is 10.2. The summed E-state index contributed by atoms with van der Waals surface area (Å²) >= 11 is 1.49. The molecule has 6 nitrogen and oxygen atoms in total. The lowest BCUT2D eigenvalue weighted by molar-refractivity contribution is 0.193. The summed E-state index contributed by atoms with van der Waals surface area (Å²) in [5.41, 5.74) is 3.04. The van der Waals surface area contributed by atoms with E-state index in [2.05, 4.69) is 20.3 Å². The van der Waals surface area contributed by atoms with E-state index in [1.54, 1.807) is 0 Å². The van der Waals surface area contributed by atoms with Crippen LogP contribution in [0.25, 0.3) is 21.1 Å².